The summed E-state index contributed by atoms with van der Waals surface area (Å²) in [5.74, 6) is 1.77. The van der Waals surface area contributed by atoms with Crippen molar-refractivity contribution in [1.82, 2.24) is 19.9 Å². The summed E-state index contributed by atoms with van der Waals surface area (Å²) in [4.78, 5) is 14.8. The van der Waals surface area contributed by atoms with E-state index in [1.165, 1.54) is 10.8 Å². The third kappa shape index (κ3) is 1.78. The maximum Gasteiger partial charge on any atom is 0.137 e. The molecule has 0 saturated carbocycles. The predicted octanol–water partition coefficient (Wildman–Crippen LogP) is 3.62. The largest absolute Gasteiger partial charge is 0.345 e. The zero-order valence-electron chi connectivity index (χ0n) is 10.7. The molecule has 96 valence electrons. The Bertz CT molecular complexity index is 776. The summed E-state index contributed by atoms with van der Waals surface area (Å²) in [7, 11) is 0. The molecule has 0 spiro atoms. The molecular formula is C16H12N4. The second-order valence-corrected chi connectivity index (χ2v) is 4.65. The Labute approximate surface area is 115 Å². The Morgan fingerprint density at radius 3 is 1.65 bits per heavy atom. The molecule has 0 unspecified atom stereocenters. The summed E-state index contributed by atoms with van der Waals surface area (Å²) in [6, 6.07) is 12.7. The average molecular weight is 260 g/mol. The van der Waals surface area contributed by atoms with Gasteiger partial charge < -0.3 is 9.97 Å². The summed E-state index contributed by atoms with van der Waals surface area (Å²) in [6.07, 6.45) is 7.19. The van der Waals surface area contributed by atoms with Crippen molar-refractivity contribution >= 4 is 10.8 Å². The van der Waals surface area contributed by atoms with Crippen molar-refractivity contribution in [2.75, 3.05) is 0 Å². The Hall–Kier alpha value is -2.88. The standard InChI is InChI=1S/C16H12N4/c1-3-12(15-17-5-6-18-15)9-14-10-13(4-2-11(1)14)16-19-7-8-20-16/h1-10H,(H,17,18)(H,19,20). The van der Waals surface area contributed by atoms with Gasteiger partial charge in [-0.25, -0.2) is 9.97 Å². The van der Waals surface area contributed by atoms with Gasteiger partial charge in [0.1, 0.15) is 11.6 Å². The summed E-state index contributed by atoms with van der Waals surface area (Å²) in [5.41, 5.74) is 2.16. The van der Waals surface area contributed by atoms with Gasteiger partial charge in [-0.1, -0.05) is 24.3 Å². The van der Waals surface area contributed by atoms with E-state index in [4.69, 9.17) is 0 Å². The fourth-order valence-electron chi connectivity index (χ4n) is 2.39. The minimum absolute atomic E-state index is 0.885. The number of nitrogens with zero attached hydrogens (tertiary/aromatic N) is 2. The second-order valence-electron chi connectivity index (χ2n) is 4.65. The number of fused-ring (bicyclic) bond motifs is 1. The number of imidazole rings is 2. The first-order valence-corrected chi connectivity index (χ1v) is 6.43. The summed E-state index contributed by atoms with van der Waals surface area (Å²) in [5, 5.41) is 2.38. The lowest BCUT2D eigenvalue weighted by Gasteiger charge is -2.04. The van der Waals surface area contributed by atoms with Crippen molar-refractivity contribution in [3.8, 4) is 22.8 Å². The molecule has 2 aromatic heterocycles. The molecule has 2 aromatic carbocycles. The molecule has 0 atom stereocenters. The molecule has 4 nitrogen and oxygen atoms in total. The molecule has 0 fully saturated rings. The fourth-order valence-corrected chi connectivity index (χ4v) is 2.39. The summed E-state index contributed by atoms with van der Waals surface area (Å²) in [6.45, 7) is 0. The molecule has 0 aliphatic heterocycles. The molecule has 0 bridgehead atoms. The minimum Gasteiger partial charge on any atom is -0.345 e. The molecule has 0 saturated heterocycles. The highest BCUT2D eigenvalue weighted by atomic mass is 14.9. The number of benzene rings is 2. The normalized spacial score (nSPS) is 11.0. The monoisotopic (exact) mass is 260 g/mol. The lowest BCUT2D eigenvalue weighted by Crippen LogP contribution is -1.84. The molecule has 2 heterocycles. The number of rotatable bonds is 2. The van der Waals surface area contributed by atoms with Crippen molar-refractivity contribution in [2.24, 2.45) is 0 Å². The van der Waals surface area contributed by atoms with Crippen LogP contribution in [0.25, 0.3) is 33.5 Å². The lowest BCUT2D eigenvalue weighted by atomic mass is 10.0. The summed E-state index contributed by atoms with van der Waals surface area (Å²) < 4.78 is 0. The highest BCUT2D eigenvalue weighted by Gasteiger charge is 2.04. The second kappa shape index (κ2) is 4.35. The molecule has 4 heteroatoms. The topological polar surface area (TPSA) is 57.4 Å². The van der Waals surface area contributed by atoms with E-state index >= 15 is 0 Å². The number of aromatic amines is 2. The van der Waals surface area contributed by atoms with Crippen molar-refractivity contribution in [2.45, 2.75) is 0 Å². The van der Waals surface area contributed by atoms with Gasteiger partial charge in [-0.3, -0.25) is 0 Å². The number of hydrogen-bond donors (Lipinski definition) is 2. The molecule has 20 heavy (non-hydrogen) atoms. The smallest absolute Gasteiger partial charge is 0.137 e. The van der Waals surface area contributed by atoms with Crippen LogP contribution in [0.15, 0.2) is 61.2 Å². The number of aromatic nitrogens is 4. The van der Waals surface area contributed by atoms with Crippen LogP contribution in [0.2, 0.25) is 0 Å². The van der Waals surface area contributed by atoms with Gasteiger partial charge in [0.05, 0.1) is 0 Å². The first kappa shape index (κ1) is 11.0. The third-order valence-corrected chi connectivity index (χ3v) is 3.38. The van der Waals surface area contributed by atoms with Crippen LogP contribution in [0.4, 0.5) is 0 Å². The third-order valence-electron chi connectivity index (χ3n) is 3.38. The first-order chi connectivity index (χ1) is 9.90. The van der Waals surface area contributed by atoms with Crippen molar-refractivity contribution in [1.29, 1.82) is 0 Å². The van der Waals surface area contributed by atoms with Crippen molar-refractivity contribution < 1.29 is 0 Å². The van der Waals surface area contributed by atoms with Crippen LogP contribution in [-0.4, -0.2) is 19.9 Å². The molecular weight excluding hydrogens is 248 g/mol. The Kier molecular flexibility index (Phi) is 2.39. The van der Waals surface area contributed by atoms with Crippen molar-refractivity contribution in [3.63, 3.8) is 0 Å². The molecule has 0 aliphatic carbocycles. The van der Waals surface area contributed by atoms with Gasteiger partial charge in [0.15, 0.2) is 0 Å². The van der Waals surface area contributed by atoms with E-state index in [0.717, 1.165) is 22.8 Å². The van der Waals surface area contributed by atoms with Crippen LogP contribution < -0.4 is 0 Å². The molecule has 0 aliphatic rings. The van der Waals surface area contributed by atoms with E-state index < -0.39 is 0 Å². The first-order valence-electron chi connectivity index (χ1n) is 6.43. The van der Waals surface area contributed by atoms with Gasteiger partial charge in [0.25, 0.3) is 0 Å². The van der Waals surface area contributed by atoms with Gasteiger partial charge in [-0.2, -0.15) is 0 Å². The van der Waals surface area contributed by atoms with E-state index in [1.54, 1.807) is 12.4 Å². The number of H-pyrrole nitrogens is 2. The van der Waals surface area contributed by atoms with E-state index in [9.17, 15) is 0 Å². The van der Waals surface area contributed by atoms with Crippen molar-refractivity contribution in [3.05, 3.63) is 61.2 Å². The zero-order chi connectivity index (χ0) is 13.4. The Balaban J connectivity index is 1.88. The maximum absolute atomic E-state index is 4.29. The molecule has 0 amide bonds. The Morgan fingerprint density at radius 1 is 0.650 bits per heavy atom. The lowest BCUT2D eigenvalue weighted by molar-refractivity contribution is 1.31. The minimum atomic E-state index is 0.885. The van der Waals surface area contributed by atoms with Crippen LogP contribution in [-0.2, 0) is 0 Å². The van der Waals surface area contributed by atoms with Crippen LogP contribution >= 0.6 is 0 Å². The molecule has 4 aromatic rings. The van der Waals surface area contributed by atoms with Crippen LogP contribution in [0.5, 0.6) is 0 Å². The van der Waals surface area contributed by atoms with E-state index in [0.29, 0.717) is 0 Å². The van der Waals surface area contributed by atoms with Crippen LogP contribution in [0.3, 0.4) is 0 Å². The number of nitrogens with one attached hydrogen (secondary N) is 2. The Morgan fingerprint density at radius 2 is 1.20 bits per heavy atom. The average Bonchev–Trinajstić information content (AvgIpc) is 3.19. The number of hydrogen-bond acceptors (Lipinski definition) is 2. The van der Waals surface area contributed by atoms with Gasteiger partial charge in [-0.15, -0.1) is 0 Å². The van der Waals surface area contributed by atoms with E-state index in [1.807, 2.05) is 12.4 Å². The van der Waals surface area contributed by atoms with Crippen LogP contribution in [0, 0.1) is 0 Å². The zero-order valence-corrected chi connectivity index (χ0v) is 10.7. The molecule has 2 N–H and O–H groups in total. The van der Waals surface area contributed by atoms with Gasteiger partial charge >= 0.3 is 0 Å². The fraction of sp³-hybridized carbons (Fsp3) is 0. The highest BCUT2D eigenvalue weighted by molar-refractivity contribution is 5.89. The van der Waals surface area contributed by atoms with Gasteiger partial charge in [-0.05, 0) is 22.9 Å². The molecule has 0 radical (unpaired) electrons. The van der Waals surface area contributed by atoms with Gasteiger partial charge in [0.2, 0.25) is 0 Å². The SMILES string of the molecule is c1c[nH]c(-c2ccc3ccc(-c4ncc[nH]4)cc3c2)n1. The molecule has 4 rings (SSSR count). The predicted molar refractivity (Wildman–Crippen MR) is 79.1 cm³/mol. The van der Waals surface area contributed by atoms with E-state index in [2.05, 4.69) is 56.3 Å². The summed E-state index contributed by atoms with van der Waals surface area (Å²) >= 11 is 0. The maximum atomic E-state index is 4.29. The van der Waals surface area contributed by atoms with E-state index in [-0.39, 0.29) is 0 Å². The van der Waals surface area contributed by atoms with Crippen LogP contribution in [0.1, 0.15) is 0 Å². The van der Waals surface area contributed by atoms with Gasteiger partial charge in [0, 0.05) is 35.9 Å². The highest BCUT2D eigenvalue weighted by Crippen LogP contribution is 2.25. The quantitative estimate of drug-likeness (QED) is 0.578.